The summed E-state index contributed by atoms with van der Waals surface area (Å²) in [7, 11) is 1.77. The molecule has 2 rings (SSSR count). The second-order valence-electron chi connectivity index (χ2n) is 6.35. The summed E-state index contributed by atoms with van der Waals surface area (Å²) in [5, 5.41) is 10.2. The molecule has 0 saturated carbocycles. The summed E-state index contributed by atoms with van der Waals surface area (Å²) in [6.45, 7) is 9.17. The average Bonchev–Trinajstić information content (AvgIpc) is 2.52. The number of likely N-dealkylation sites (tertiary alicyclic amines) is 1. The number of aliphatic hydroxyl groups is 1. The van der Waals surface area contributed by atoms with Crippen LogP contribution in [0.15, 0.2) is 12.1 Å². The van der Waals surface area contributed by atoms with Gasteiger partial charge in [-0.3, -0.25) is 0 Å². The highest BCUT2D eigenvalue weighted by Crippen LogP contribution is 2.25. The van der Waals surface area contributed by atoms with Gasteiger partial charge >= 0.3 is 0 Å². The van der Waals surface area contributed by atoms with Gasteiger partial charge in [0.25, 0.3) is 0 Å². The van der Waals surface area contributed by atoms with Gasteiger partial charge in [-0.1, -0.05) is 12.1 Å². The largest absolute Gasteiger partial charge is 0.490 e. The lowest BCUT2D eigenvalue weighted by molar-refractivity contribution is 0.0152. The average molecular weight is 307 g/mol. The number of β-amino-alcohol motifs (C(OH)–C–C–N with tert-alkyl or cyclic N) is 1. The van der Waals surface area contributed by atoms with E-state index in [9.17, 15) is 5.11 Å². The number of hydrogen-bond acceptors (Lipinski definition) is 4. The Labute approximate surface area is 134 Å². The molecule has 0 aliphatic carbocycles. The Balaban J connectivity index is 1.81. The molecule has 0 bridgehead atoms. The Morgan fingerprint density at radius 2 is 1.82 bits per heavy atom. The quantitative estimate of drug-likeness (QED) is 0.876. The third-order valence-electron chi connectivity index (χ3n) is 4.63. The second kappa shape index (κ2) is 7.95. The molecule has 1 aliphatic rings. The number of hydrogen-bond donors (Lipinski definition) is 1. The van der Waals surface area contributed by atoms with Gasteiger partial charge < -0.3 is 19.5 Å². The predicted molar refractivity (Wildman–Crippen MR) is 88.6 cm³/mol. The normalized spacial score (nSPS) is 18.4. The minimum atomic E-state index is -0.460. The first-order valence-electron chi connectivity index (χ1n) is 8.14. The van der Waals surface area contributed by atoms with Crippen molar-refractivity contribution in [2.75, 3.05) is 33.4 Å². The summed E-state index contributed by atoms with van der Waals surface area (Å²) in [5.41, 5.74) is 3.50. The molecule has 4 nitrogen and oxygen atoms in total. The highest BCUT2D eigenvalue weighted by atomic mass is 16.5. The molecule has 1 N–H and O–H groups in total. The van der Waals surface area contributed by atoms with Gasteiger partial charge in [-0.05, 0) is 50.3 Å². The maximum atomic E-state index is 10.2. The van der Waals surface area contributed by atoms with Crippen LogP contribution in [0, 0.1) is 20.8 Å². The van der Waals surface area contributed by atoms with Gasteiger partial charge in [-0.2, -0.15) is 0 Å². The molecule has 1 aliphatic heterocycles. The van der Waals surface area contributed by atoms with E-state index in [-0.39, 0.29) is 0 Å². The number of ether oxygens (including phenoxy) is 2. The number of nitrogens with zero attached hydrogens (tertiary/aromatic N) is 1. The standard InChI is InChI=1S/C18H29NO3/c1-13-5-6-14(2)18(15(13)3)22-12-16(20)11-19-9-7-17(21-4)8-10-19/h5-6,16-17,20H,7-12H2,1-4H3. The third-order valence-corrected chi connectivity index (χ3v) is 4.63. The fourth-order valence-electron chi connectivity index (χ4n) is 3.01. The fraction of sp³-hybridized carbons (Fsp3) is 0.667. The van der Waals surface area contributed by atoms with Crippen LogP contribution in [0.4, 0.5) is 0 Å². The zero-order valence-electron chi connectivity index (χ0n) is 14.3. The smallest absolute Gasteiger partial charge is 0.125 e. The topological polar surface area (TPSA) is 41.9 Å². The molecule has 0 spiro atoms. The Morgan fingerprint density at radius 1 is 1.18 bits per heavy atom. The lowest BCUT2D eigenvalue weighted by atomic mass is 10.1. The molecule has 0 radical (unpaired) electrons. The van der Waals surface area contributed by atoms with Gasteiger partial charge in [0, 0.05) is 26.7 Å². The Kier molecular flexibility index (Phi) is 6.24. The van der Waals surface area contributed by atoms with E-state index in [2.05, 4.69) is 30.9 Å². The molecule has 124 valence electrons. The van der Waals surface area contributed by atoms with Crippen LogP contribution >= 0.6 is 0 Å². The molecule has 1 atom stereocenters. The third kappa shape index (κ3) is 4.45. The van der Waals surface area contributed by atoms with Crippen molar-refractivity contribution in [3.63, 3.8) is 0 Å². The number of aryl methyl sites for hydroxylation is 2. The molecular formula is C18H29NO3. The number of methoxy groups -OCH3 is 1. The van der Waals surface area contributed by atoms with Crippen LogP contribution in [-0.2, 0) is 4.74 Å². The minimum Gasteiger partial charge on any atom is -0.490 e. The van der Waals surface area contributed by atoms with Gasteiger partial charge in [0.15, 0.2) is 0 Å². The lowest BCUT2D eigenvalue weighted by Gasteiger charge is -2.32. The summed E-state index contributed by atoms with van der Waals surface area (Å²) in [4.78, 5) is 2.29. The van der Waals surface area contributed by atoms with Crippen LogP contribution in [0.1, 0.15) is 29.5 Å². The second-order valence-corrected chi connectivity index (χ2v) is 6.35. The van der Waals surface area contributed by atoms with E-state index in [4.69, 9.17) is 9.47 Å². The maximum absolute atomic E-state index is 10.2. The molecule has 1 heterocycles. The summed E-state index contributed by atoms with van der Waals surface area (Å²) in [6.07, 6.45) is 2.00. The molecular weight excluding hydrogens is 278 g/mol. The summed E-state index contributed by atoms with van der Waals surface area (Å²) in [6, 6.07) is 4.17. The van der Waals surface area contributed by atoms with Gasteiger partial charge in [-0.15, -0.1) is 0 Å². The van der Waals surface area contributed by atoms with Crippen molar-refractivity contribution in [2.45, 2.75) is 45.8 Å². The molecule has 1 fully saturated rings. The molecule has 0 aromatic heterocycles. The molecule has 1 saturated heterocycles. The van der Waals surface area contributed by atoms with Crippen molar-refractivity contribution in [1.82, 2.24) is 4.90 Å². The van der Waals surface area contributed by atoms with E-state index in [1.54, 1.807) is 7.11 Å². The zero-order valence-corrected chi connectivity index (χ0v) is 14.3. The van der Waals surface area contributed by atoms with E-state index < -0.39 is 6.10 Å². The monoisotopic (exact) mass is 307 g/mol. The molecule has 0 amide bonds. The van der Waals surface area contributed by atoms with Gasteiger partial charge in [0.05, 0.1) is 6.10 Å². The highest BCUT2D eigenvalue weighted by molar-refractivity contribution is 5.44. The molecule has 22 heavy (non-hydrogen) atoms. The van der Waals surface area contributed by atoms with Gasteiger partial charge in [0.1, 0.15) is 18.5 Å². The minimum absolute atomic E-state index is 0.343. The number of aliphatic hydroxyl groups excluding tert-OH is 1. The Bertz CT molecular complexity index is 481. The van der Waals surface area contributed by atoms with Crippen molar-refractivity contribution in [3.05, 3.63) is 28.8 Å². The van der Waals surface area contributed by atoms with Crippen molar-refractivity contribution in [3.8, 4) is 5.75 Å². The molecule has 4 heteroatoms. The number of benzene rings is 1. The van der Waals surface area contributed by atoms with E-state index >= 15 is 0 Å². The number of piperidine rings is 1. The van der Waals surface area contributed by atoms with E-state index in [0.717, 1.165) is 42.8 Å². The molecule has 1 aromatic carbocycles. The maximum Gasteiger partial charge on any atom is 0.125 e. The number of rotatable bonds is 6. The molecule has 1 unspecified atom stereocenters. The van der Waals surface area contributed by atoms with Crippen molar-refractivity contribution >= 4 is 0 Å². The Hall–Kier alpha value is -1.10. The van der Waals surface area contributed by atoms with Crippen LogP contribution in [0.25, 0.3) is 0 Å². The first-order chi connectivity index (χ1) is 10.5. The van der Waals surface area contributed by atoms with Crippen LogP contribution in [0.5, 0.6) is 5.75 Å². The van der Waals surface area contributed by atoms with Crippen molar-refractivity contribution < 1.29 is 14.6 Å². The van der Waals surface area contributed by atoms with E-state index in [0.29, 0.717) is 19.3 Å². The Morgan fingerprint density at radius 3 is 2.45 bits per heavy atom. The van der Waals surface area contributed by atoms with Crippen LogP contribution in [0.2, 0.25) is 0 Å². The van der Waals surface area contributed by atoms with Crippen molar-refractivity contribution in [2.24, 2.45) is 0 Å². The van der Waals surface area contributed by atoms with Crippen LogP contribution in [0.3, 0.4) is 0 Å². The van der Waals surface area contributed by atoms with E-state index in [1.165, 1.54) is 5.56 Å². The molecule has 1 aromatic rings. The first-order valence-corrected chi connectivity index (χ1v) is 8.14. The zero-order chi connectivity index (χ0) is 16.1. The fourth-order valence-corrected chi connectivity index (χ4v) is 3.01. The summed E-state index contributed by atoms with van der Waals surface area (Å²) in [5.74, 6) is 0.914. The SMILES string of the molecule is COC1CCN(CC(O)COc2c(C)ccc(C)c2C)CC1. The van der Waals surface area contributed by atoms with Crippen molar-refractivity contribution in [1.29, 1.82) is 0 Å². The lowest BCUT2D eigenvalue weighted by Crippen LogP contribution is -2.42. The van der Waals surface area contributed by atoms with Crippen LogP contribution < -0.4 is 4.74 Å². The summed E-state index contributed by atoms with van der Waals surface area (Å²) < 4.78 is 11.3. The van der Waals surface area contributed by atoms with Crippen LogP contribution in [-0.4, -0.2) is 55.6 Å². The van der Waals surface area contributed by atoms with E-state index in [1.807, 2.05) is 6.92 Å². The predicted octanol–water partition coefficient (Wildman–Crippen LogP) is 2.46. The first kappa shape index (κ1) is 17.3. The van der Waals surface area contributed by atoms with Gasteiger partial charge in [-0.25, -0.2) is 0 Å². The summed E-state index contributed by atoms with van der Waals surface area (Å²) >= 11 is 0. The highest BCUT2D eigenvalue weighted by Gasteiger charge is 2.21. The van der Waals surface area contributed by atoms with Gasteiger partial charge in [0.2, 0.25) is 0 Å².